The average molecular weight is 415 g/mol. The van der Waals surface area contributed by atoms with E-state index in [2.05, 4.69) is 33.7 Å². The number of rotatable bonds is 7. The van der Waals surface area contributed by atoms with Gasteiger partial charge >= 0.3 is 0 Å². The summed E-state index contributed by atoms with van der Waals surface area (Å²) < 4.78 is 11.1. The Labute approximate surface area is 179 Å². The van der Waals surface area contributed by atoms with Crippen molar-refractivity contribution in [1.29, 1.82) is 0 Å². The van der Waals surface area contributed by atoms with E-state index in [1.807, 2.05) is 32.9 Å². The van der Waals surface area contributed by atoms with Gasteiger partial charge in [0.1, 0.15) is 17.1 Å². The van der Waals surface area contributed by atoms with E-state index in [4.69, 9.17) is 14.1 Å². The van der Waals surface area contributed by atoms with Crippen molar-refractivity contribution in [3.8, 4) is 0 Å². The zero-order valence-electron chi connectivity index (χ0n) is 18.5. The second-order valence-electron chi connectivity index (χ2n) is 7.88. The molecule has 3 rings (SSSR count). The molecule has 1 aromatic heterocycles. The number of anilines is 1. The highest BCUT2D eigenvalue weighted by atomic mass is 16.5. The number of aliphatic imine (C=N–C) groups is 1. The standard InChI is InChI=1S/C23H34N4O3/c1-5-24-22(26-16-23(4,28)20-14-17(2)30-18(20)3)25-15-19-8-6-7-9-21(19)27-10-12-29-13-11-27/h6-9,14,28H,5,10-13,15-16H2,1-4H3,(H2,24,25,26). The van der Waals surface area contributed by atoms with Gasteiger partial charge in [0.05, 0.1) is 26.3 Å². The molecular weight excluding hydrogens is 380 g/mol. The molecule has 1 saturated heterocycles. The zero-order valence-corrected chi connectivity index (χ0v) is 18.5. The predicted octanol–water partition coefficient (Wildman–Crippen LogP) is 2.70. The van der Waals surface area contributed by atoms with Crippen LogP contribution in [0.3, 0.4) is 0 Å². The van der Waals surface area contributed by atoms with E-state index in [0.29, 0.717) is 19.0 Å². The van der Waals surface area contributed by atoms with Gasteiger partial charge in [-0.2, -0.15) is 0 Å². The number of guanidine groups is 1. The molecule has 7 heteroatoms. The lowest BCUT2D eigenvalue weighted by Crippen LogP contribution is -2.44. The fourth-order valence-corrected chi connectivity index (χ4v) is 3.78. The number of hydrogen-bond donors (Lipinski definition) is 3. The number of nitrogens with zero attached hydrogens (tertiary/aromatic N) is 2. The van der Waals surface area contributed by atoms with Crippen molar-refractivity contribution < 1.29 is 14.3 Å². The van der Waals surface area contributed by atoms with Crippen LogP contribution in [0.4, 0.5) is 5.69 Å². The molecule has 1 fully saturated rings. The third-order valence-corrected chi connectivity index (χ3v) is 5.32. The molecule has 1 aromatic carbocycles. The first-order chi connectivity index (χ1) is 14.4. The molecule has 2 aromatic rings. The van der Waals surface area contributed by atoms with Crippen LogP contribution in [0.15, 0.2) is 39.7 Å². The molecule has 30 heavy (non-hydrogen) atoms. The summed E-state index contributed by atoms with van der Waals surface area (Å²) in [6.07, 6.45) is 0. The van der Waals surface area contributed by atoms with Crippen LogP contribution in [-0.4, -0.2) is 50.5 Å². The molecule has 0 spiro atoms. The minimum Gasteiger partial charge on any atom is -0.466 e. The minimum absolute atomic E-state index is 0.323. The maximum atomic E-state index is 11.0. The molecule has 0 saturated carbocycles. The van der Waals surface area contributed by atoms with Crippen LogP contribution in [0, 0.1) is 13.8 Å². The van der Waals surface area contributed by atoms with Crippen molar-refractivity contribution in [1.82, 2.24) is 10.6 Å². The minimum atomic E-state index is -1.07. The van der Waals surface area contributed by atoms with Crippen LogP contribution in [0.5, 0.6) is 0 Å². The first-order valence-corrected chi connectivity index (χ1v) is 10.6. The molecule has 7 nitrogen and oxygen atoms in total. The number of hydrogen-bond acceptors (Lipinski definition) is 5. The van der Waals surface area contributed by atoms with E-state index < -0.39 is 5.60 Å². The van der Waals surface area contributed by atoms with Gasteiger partial charge < -0.3 is 29.8 Å². The van der Waals surface area contributed by atoms with Gasteiger partial charge in [0.15, 0.2) is 5.96 Å². The molecule has 1 aliphatic rings. The monoisotopic (exact) mass is 414 g/mol. The van der Waals surface area contributed by atoms with Gasteiger partial charge in [0.25, 0.3) is 0 Å². The molecule has 3 N–H and O–H groups in total. The normalized spacial score (nSPS) is 17.0. The molecule has 0 radical (unpaired) electrons. The predicted molar refractivity (Wildman–Crippen MR) is 120 cm³/mol. The van der Waals surface area contributed by atoms with E-state index in [1.165, 1.54) is 11.3 Å². The third-order valence-electron chi connectivity index (χ3n) is 5.32. The quantitative estimate of drug-likeness (QED) is 0.477. The second-order valence-corrected chi connectivity index (χ2v) is 7.88. The summed E-state index contributed by atoms with van der Waals surface area (Å²) in [5, 5.41) is 17.5. The first-order valence-electron chi connectivity index (χ1n) is 10.6. The second kappa shape index (κ2) is 10.00. The van der Waals surface area contributed by atoms with E-state index in [9.17, 15) is 5.11 Å². The number of benzene rings is 1. The number of morpholine rings is 1. The van der Waals surface area contributed by atoms with E-state index >= 15 is 0 Å². The number of para-hydroxylation sites is 1. The van der Waals surface area contributed by atoms with Gasteiger partial charge in [-0.3, -0.25) is 0 Å². The van der Waals surface area contributed by atoms with Crippen LogP contribution < -0.4 is 15.5 Å². The third kappa shape index (κ3) is 5.55. The molecule has 0 bridgehead atoms. The Hall–Kier alpha value is -2.51. The number of aryl methyl sites for hydroxylation is 2. The van der Waals surface area contributed by atoms with E-state index in [-0.39, 0.29) is 0 Å². The molecule has 0 aliphatic carbocycles. The Morgan fingerprint density at radius 1 is 1.20 bits per heavy atom. The number of aliphatic hydroxyl groups is 1. The van der Waals surface area contributed by atoms with Crippen LogP contribution in [0.2, 0.25) is 0 Å². The van der Waals surface area contributed by atoms with Crippen LogP contribution in [0.1, 0.15) is 36.5 Å². The summed E-state index contributed by atoms with van der Waals surface area (Å²) >= 11 is 0. The lowest BCUT2D eigenvalue weighted by atomic mass is 9.96. The summed E-state index contributed by atoms with van der Waals surface area (Å²) in [4.78, 5) is 7.12. The zero-order chi connectivity index (χ0) is 21.6. The van der Waals surface area contributed by atoms with Crippen molar-refractivity contribution >= 4 is 11.6 Å². The lowest BCUT2D eigenvalue weighted by Gasteiger charge is -2.30. The molecule has 2 heterocycles. The van der Waals surface area contributed by atoms with Crippen molar-refractivity contribution in [2.24, 2.45) is 4.99 Å². The van der Waals surface area contributed by atoms with Crippen molar-refractivity contribution in [3.63, 3.8) is 0 Å². The molecule has 1 unspecified atom stereocenters. The van der Waals surface area contributed by atoms with Crippen molar-refractivity contribution in [3.05, 3.63) is 53.0 Å². The Kier molecular flexibility index (Phi) is 7.39. The SMILES string of the molecule is CCNC(=NCc1ccccc1N1CCOCC1)NCC(C)(O)c1cc(C)oc1C. The highest BCUT2D eigenvalue weighted by Gasteiger charge is 2.28. The van der Waals surface area contributed by atoms with E-state index in [0.717, 1.165) is 49.9 Å². The molecular formula is C23H34N4O3. The maximum absolute atomic E-state index is 11.0. The summed E-state index contributed by atoms with van der Waals surface area (Å²) in [5.74, 6) is 2.20. The Balaban J connectivity index is 1.70. The van der Waals surface area contributed by atoms with Gasteiger partial charge in [0.2, 0.25) is 0 Å². The fourth-order valence-electron chi connectivity index (χ4n) is 3.78. The van der Waals surface area contributed by atoms with Gasteiger partial charge in [-0.25, -0.2) is 4.99 Å². The summed E-state index contributed by atoms with van der Waals surface area (Å²) in [6.45, 7) is 12.5. The topological polar surface area (TPSA) is 82.3 Å². The highest BCUT2D eigenvalue weighted by molar-refractivity contribution is 5.80. The van der Waals surface area contributed by atoms with Gasteiger partial charge in [-0.15, -0.1) is 0 Å². The first kappa shape index (κ1) is 22.2. The van der Waals surface area contributed by atoms with Crippen LogP contribution >= 0.6 is 0 Å². The Morgan fingerprint density at radius 2 is 1.93 bits per heavy atom. The van der Waals surface area contributed by atoms with Gasteiger partial charge in [0, 0.05) is 30.9 Å². The molecule has 1 aliphatic heterocycles. The van der Waals surface area contributed by atoms with Gasteiger partial charge in [-0.05, 0) is 45.4 Å². The molecule has 1 atom stereocenters. The van der Waals surface area contributed by atoms with Gasteiger partial charge in [-0.1, -0.05) is 18.2 Å². The summed E-state index contributed by atoms with van der Waals surface area (Å²) in [6, 6.07) is 10.3. The van der Waals surface area contributed by atoms with Crippen LogP contribution in [0.25, 0.3) is 0 Å². The number of ether oxygens (including phenoxy) is 1. The smallest absolute Gasteiger partial charge is 0.191 e. The number of nitrogens with one attached hydrogen (secondary N) is 2. The van der Waals surface area contributed by atoms with E-state index in [1.54, 1.807) is 6.92 Å². The molecule has 164 valence electrons. The summed E-state index contributed by atoms with van der Waals surface area (Å²) in [5.41, 5.74) is 2.10. The Bertz CT molecular complexity index is 854. The molecule has 0 amide bonds. The largest absolute Gasteiger partial charge is 0.466 e. The summed E-state index contributed by atoms with van der Waals surface area (Å²) in [7, 11) is 0. The van der Waals surface area contributed by atoms with Crippen molar-refractivity contribution in [2.75, 3.05) is 44.3 Å². The maximum Gasteiger partial charge on any atom is 0.191 e. The Morgan fingerprint density at radius 3 is 2.60 bits per heavy atom. The highest BCUT2D eigenvalue weighted by Crippen LogP contribution is 2.26. The van der Waals surface area contributed by atoms with Crippen molar-refractivity contribution in [2.45, 2.75) is 39.8 Å². The average Bonchev–Trinajstić information content (AvgIpc) is 3.10. The van der Waals surface area contributed by atoms with Crippen LogP contribution in [-0.2, 0) is 16.9 Å². The lowest BCUT2D eigenvalue weighted by molar-refractivity contribution is 0.0601. The number of furan rings is 1. The fraction of sp³-hybridized carbons (Fsp3) is 0.522.